The number of esters is 1. The van der Waals surface area contributed by atoms with Crippen molar-refractivity contribution in [2.24, 2.45) is 0 Å². The molecule has 6 heteroatoms. The Bertz CT molecular complexity index is 365. The van der Waals surface area contributed by atoms with Crippen molar-refractivity contribution in [1.29, 1.82) is 0 Å². The van der Waals surface area contributed by atoms with Crippen LogP contribution in [-0.4, -0.2) is 40.8 Å². The second-order valence-electron chi connectivity index (χ2n) is 3.95. The number of hydrogen-bond donors (Lipinski definition) is 0. The number of carbonyl (C=O) groups is 1. The molecule has 0 aromatic carbocycles. The smallest absolute Gasteiger partial charge is 0.319 e. The van der Waals surface area contributed by atoms with E-state index in [1.54, 1.807) is 6.92 Å². The summed E-state index contributed by atoms with van der Waals surface area (Å²) in [5.41, 5.74) is 0. The molecule has 0 saturated heterocycles. The third kappa shape index (κ3) is 4.14. The number of hydrogen-bond acceptors (Lipinski definition) is 6. The van der Waals surface area contributed by atoms with Gasteiger partial charge in [0.25, 0.3) is 0 Å². The number of methoxy groups -OCH3 is 1. The molecular weight excluding hydrogens is 222 g/mol. The summed E-state index contributed by atoms with van der Waals surface area (Å²) in [7, 11) is 1.38. The van der Waals surface area contributed by atoms with Crippen LogP contribution in [0.5, 0.6) is 0 Å². The third-order valence-electron chi connectivity index (χ3n) is 2.68. The van der Waals surface area contributed by atoms with Crippen molar-refractivity contribution in [3.05, 3.63) is 11.8 Å². The molecule has 1 rings (SSSR count). The van der Waals surface area contributed by atoms with Crippen LogP contribution >= 0.6 is 0 Å². The Hall–Kier alpha value is -1.43. The van der Waals surface area contributed by atoms with Crippen LogP contribution in [0.4, 0.5) is 0 Å². The zero-order chi connectivity index (χ0) is 12.8. The molecule has 1 aromatic rings. The fourth-order valence-corrected chi connectivity index (χ4v) is 1.43. The largest absolute Gasteiger partial charge is 0.468 e. The van der Waals surface area contributed by atoms with Gasteiger partial charge in [-0.25, -0.2) is 0 Å². The molecule has 0 N–H and O–H groups in total. The summed E-state index contributed by atoms with van der Waals surface area (Å²) in [6.07, 6.45) is 0.935. The van der Waals surface area contributed by atoms with E-state index in [0.29, 0.717) is 18.3 Å². The first-order chi connectivity index (χ1) is 8.06. The van der Waals surface area contributed by atoms with Crippen LogP contribution in [0.3, 0.4) is 0 Å². The lowest BCUT2D eigenvalue weighted by molar-refractivity contribution is -0.142. The SMILES string of the molecule is CCC(C)N(CC(=O)OC)Cc1nnc(C)o1. The molecule has 1 unspecified atom stereocenters. The minimum Gasteiger partial charge on any atom is -0.468 e. The molecule has 0 aliphatic carbocycles. The first-order valence-corrected chi connectivity index (χ1v) is 5.66. The quantitative estimate of drug-likeness (QED) is 0.696. The number of aryl methyl sites for hydroxylation is 1. The molecule has 0 aliphatic rings. The molecule has 0 fully saturated rings. The molecule has 96 valence electrons. The lowest BCUT2D eigenvalue weighted by atomic mass is 10.2. The summed E-state index contributed by atoms with van der Waals surface area (Å²) >= 11 is 0. The molecule has 6 nitrogen and oxygen atoms in total. The first-order valence-electron chi connectivity index (χ1n) is 5.66. The van der Waals surface area contributed by atoms with E-state index in [-0.39, 0.29) is 18.6 Å². The van der Waals surface area contributed by atoms with Gasteiger partial charge in [0, 0.05) is 13.0 Å². The van der Waals surface area contributed by atoms with E-state index in [1.165, 1.54) is 7.11 Å². The highest BCUT2D eigenvalue weighted by Gasteiger charge is 2.19. The van der Waals surface area contributed by atoms with Gasteiger partial charge >= 0.3 is 5.97 Å². The lowest BCUT2D eigenvalue weighted by Gasteiger charge is -2.25. The Morgan fingerprint density at radius 1 is 1.53 bits per heavy atom. The molecule has 1 atom stereocenters. The molecule has 17 heavy (non-hydrogen) atoms. The molecule has 1 aromatic heterocycles. The molecule has 0 saturated carbocycles. The van der Waals surface area contributed by atoms with Crippen molar-refractivity contribution in [3.8, 4) is 0 Å². The van der Waals surface area contributed by atoms with Gasteiger partial charge in [0.15, 0.2) is 0 Å². The maximum absolute atomic E-state index is 11.3. The van der Waals surface area contributed by atoms with Gasteiger partial charge in [0.1, 0.15) is 0 Å². The van der Waals surface area contributed by atoms with Crippen molar-refractivity contribution < 1.29 is 13.9 Å². The summed E-state index contributed by atoms with van der Waals surface area (Å²) in [5.74, 6) is 0.787. The van der Waals surface area contributed by atoms with E-state index in [0.717, 1.165) is 6.42 Å². The Kier molecular flexibility index (Phi) is 5.09. The van der Waals surface area contributed by atoms with Gasteiger partial charge in [-0.2, -0.15) is 0 Å². The highest BCUT2D eigenvalue weighted by molar-refractivity contribution is 5.71. The monoisotopic (exact) mass is 241 g/mol. The van der Waals surface area contributed by atoms with E-state index in [2.05, 4.69) is 21.9 Å². The average molecular weight is 241 g/mol. The third-order valence-corrected chi connectivity index (χ3v) is 2.68. The first kappa shape index (κ1) is 13.6. The van der Waals surface area contributed by atoms with E-state index in [1.807, 2.05) is 11.8 Å². The minimum atomic E-state index is -0.262. The van der Waals surface area contributed by atoms with Crippen LogP contribution in [0.15, 0.2) is 4.42 Å². The van der Waals surface area contributed by atoms with Crippen molar-refractivity contribution in [2.45, 2.75) is 39.8 Å². The highest BCUT2D eigenvalue weighted by atomic mass is 16.5. The van der Waals surface area contributed by atoms with Crippen LogP contribution in [-0.2, 0) is 16.1 Å². The highest BCUT2D eigenvalue weighted by Crippen LogP contribution is 2.09. The Morgan fingerprint density at radius 2 is 2.24 bits per heavy atom. The van der Waals surface area contributed by atoms with Gasteiger partial charge in [-0.15, -0.1) is 10.2 Å². The molecule has 0 aliphatic heterocycles. The van der Waals surface area contributed by atoms with Crippen molar-refractivity contribution in [1.82, 2.24) is 15.1 Å². The van der Waals surface area contributed by atoms with E-state index >= 15 is 0 Å². The van der Waals surface area contributed by atoms with E-state index in [9.17, 15) is 4.79 Å². The van der Waals surface area contributed by atoms with Gasteiger partial charge in [-0.1, -0.05) is 6.92 Å². The fourth-order valence-electron chi connectivity index (χ4n) is 1.43. The Labute approximate surface area is 101 Å². The Balaban J connectivity index is 2.66. The van der Waals surface area contributed by atoms with Gasteiger partial charge in [0.2, 0.25) is 11.8 Å². The maximum Gasteiger partial charge on any atom is 0.319 e. The maximum atomic E-state index is 11.3. The minimum absolute atomic E-state index is 0.229. The average Bonchev–Trinajstić information content (AvgIpc) is 2.72. The summed E-state index contributed by atoms with van der Waals surface area (Å²) in [6, 6.07) is 0.251. The van der Waals surface area contributed by atoms with Crippen LogP contribution in [0.2, 0.25) is 0 Å². The molecule has 0 amide bonds. The predicted molar refractivity (Wildman–Crippen MR) is 61.2 cm³/mol. The number of aromatic nitrogens is 2. The topological polar surface area (TPSA) is 68.5 Å². The summed E-state index contributed by atoms with van der Waals surface area (Å²) in [6.45, 7) is 6.54. The van der Waals surface area contributed by atoms with Crippen LogP contribution < -0.4 is 0 Å². The molecule has 1 heterocycles. The lowest BCUT2D eigenvalue weighted by Crippen LogP contribution is -2.37. The number of ether oxygens (including phenoxy) is 1. The number of carbonyl (C=O) groups excluding carboxylic acids is 1. The summed E-state index contributed by atoms with van der Waals surface area (Å²) in [5, 5.41) is 7.69. The van der Waals surface area contributed by atoms with Gasteiger partial charge in [0.05, 0.1) is 20.2 Å². The Morgan fingerprint density at radius 3 is 2.71 bits per heavy atom. The molecular formula is C11H19N3O3. The van der Waals surface area contributed by atoms with Crippen molar-refractivity contribution in [2.75, 3.05) is 13.7 Å². The number of rotatable bonds is 6. The number of nitrogens with zero attached hydrogens (tertiary/aromatic N) is 3. The van der Waals surface area contributed by atoms with Gasteiger partial charge in [-0.05, 0) is 13.3 Å². The second-order valence-corrected chi connectivity index (χ2v) is 3.95. The molecule has 0 bridgehead atoms. The zero-order valence-corrected chi connectivity index (χ0v) is 10.8. The predicted octanol–water partition coefficient (Wildman–Crippen LogP) is 1.15. The normalized spacial score (nSPS) is 12.8. The van der Waals surface area contributed by atoms with Crippen LogP contribution in [0.1, 0.15) is 32.0 Å². The van der Waals surface area contributed by atoms with Crippen molar-refractivity contribution >= 4 is 5.97 Å². The molecule has 0 spiro atoms. The standard InChI is InChI=1S/C11H19N3O3/c1-5-8(2)14(7-11(15)16-4)6-10-13-12-9(3)17-10/h8H,5-7H2,1-4H3. The van der Waals surface area contributed by atoms with E-state index in [4.69, 9.17) is 4.42 Å². The van der Waals surface area contributed by atoms with Crippen LogP contribution in [0.25, 0.3) is 0 Å². The van der Waals surface area contributed by atoms with Crippen LogP contribution in [0, 0.1) is 6.92 Å². The molecule has 0 radical (unpaired) electrons. The van der Waals surface area contributed by atoms with Gasteiger partial charge in [-0.3, -0.25) is 9.69 Å². The zero-order valence-electron chi connectivity index (χ0n) is 10.8. The fraction of sp³-hybridized carbons (Fsp3) is 0.727. The second kappa shape index (κ2) is 6.34. The summed E-state index contributed by atoms with van der Waals surface area (Å²) in [4.78, 5) is 13.3. The van der Waals surface area contributed by atoms with Gasteiger partial charge < -0.3 is 9.15 Å². The summed E-state index contributed by atoms with van der Waals surface area (Å²) < 4.78 is 9.98. The van der Waals surface area contributed by atoms with Crippen molar-refractivity contribution in [3.63, 3.8) is 0 Å². The van der Waals surface area contributed by atoms with E-state index < -0.39 is 0 Å².